The zero-order valence-corrected chi connectivity index (χ0v) is 13.7. The zero-order chi connectivity index (χ0) is 15.3. The molecule has 1 aromatic carbocycles. The minimum atomic E-state index is -3.48. The number of sulfonamides is 1. The summed E-state index contributed by atoms with van der Waals surface area (Å²) in [6, 6.07) is 1.82. The molecule has 0 heterocycles. The first-order valence-corrected chi connectivity index (χ1v) is 8.65. The number of unbranched alkanes of at least 4 members (excludes halogenated alkanes) is 3. The lowest BCUT2D eigenvalue weighted by molar-refractivity contribution is 0.572. The van der Waals surface area contributed by atoms with E-state index in [0.29, 0.717) is 22.7 Å². The third kappa shape index (κ3) is 3.96. The molecular formula is C15H26N2O2S. The lowest BCUT2D eigenvalue weighted by Gasteiger charge is -2.16. The Bertz CT molecular complexity index is 539. The quantitative estimate of drug-likeness (QED) is 0.600. The Hall–Kier alpha value is -1.07. The number of aryl methyl sites for hydroxylation is 1. The van der Waals surface area contributed by atoms with Crippen molar-refractivity contribution in [1.82, 2.24) is 4.72 Å². The van der Waals surface area contributed by atoms with Gasteiger partial charge in [0.15, 0.2) is 0 Å². The van der Waals surface area contributed by atoms with Crippen molar-refractivity contribution in [2.45, 2.75) is 58.3 Å². The van der Waals surface area contributed by atoms with Crippen molar-refractivity contribution in [1.29, 1.82) is 0 Å². The van der Waals surface area contributed by atoms with E-state index >= 15 is 0 Å². The van der Waals surface area contributed by atoms with E-state index in [4.69, 9.17) is 5.73 Å². The molecule has 0 spiro atoms. The maximum Gasteiger partial charge on any atom is 0.241 e. The number of hydrogen-bond donors (Lipinski definition) is 2. The molecule has 5 heteroatoms. The van der Waals surface area contributed by atoms with Gasteiger partial charge in [-0.3, -0.25) is 0 Å². The van der Waals surface area contributed by atoms with E-state index in [0.717, 1.165) is 36.8 Å². The second kappa shape index (κ2) is 7.09. The predicted molar refractivity (Wildman–Crippen MR) is 84.4 cm³/mol. The van der Waals surface area contributed by atoms with E-state index in [-0.39, 0.29) is 0 Å². The van der Waals surface area contributed by atoms with Crippen LogP contribution in [0.4, 0.5) is 5.69 Å². The third-order valence-electron chi connectivity index (χ3n) is 3.67. The van der Waals surface area contributed by atoms with Crippen LogP contribution in [0.3, 0.4) is 0 Å². The van der Waals surface area contributed by atoms with Crippen molar-refractivity contribution in [2.75, 3.05) is 12.3 Å². The molecule has 0 aliphatic heterocycles. The van der Waals surface area contributed by atoms with E-state index < -0.39 is 10.0 Å². The summed E-state index contributed by atoms with van der Waals surface area (Å²) in [7, 11) is -3.48. The van der Waals surface area contributed by atoms with Crippen LogP contribution in [-0.4, -0.2) is 15.0 Å². The maximum atomic E-state index is 12.4. The first-order valence-electron chi connectivity index (χ1n) is 7.17. The lowest BCUT2D eigenvalue weighted by Crippen LogP contribution is -2.26. The molecule has 1 rings (SSSR count). The molecule has 0 saturated carbocycles. The molecule has 20 heavy (non-hydrogen) atoms. The summed E-state index contributed by atoms with van der Waals surface area (Å²) >= 11 is 0. The molecule has 4 nitrogen and oxygen atoms in total. The van der Waals surface area contributed by atoms with Gasteiger partial charge in [0.2, 0.25) is 10.0 Å². The first kappa shape index (κ1) is 17.0. The Morgan fingerprint density at radius 2 is 1.75 bits per heavy atom. The number of hydrogen-bond acceptors (Lipinski definition) is 3. The van der Waals surface area contributed by atoms with Gasteiger partial charge in [-0.25, -0.2) is 13.1 Å². The number of nitrogen functional groups attached to an aromatic ring is 1. The van der Waals surface area contributed by atoms with Crippen LogP contribution in [0.2, 0.25) is 0 Å². The lowest BCUT2D eigenvalue weighted by atomic mass is 10.1. The molecule has 0 saturated heterocycles. The van der Waals surface area contributed by atoms with E-state index in [9.17, 15) is 8.42 Å². The molecule has 0 bridgehead atoms. The third-order valence-corrected chi connectivity index (χ3v) is 5.40. The molecule has 0 atom stereocenters. The Labute approximate surface area is 122 Å². The summed E-state index contributed by atoms with van der Waals surface area (Å²) in [6.45, 7) is 8.08. The molecular weight excluding hydrogens is 272 g/mol. The molecule has 0 radical (unpaired) electrons. The van der Waals surface area contributed by atoms with Gasteiger partial charge in [0.05, 0.1) is 4.90 Å². The Kier molecular flexibility index (Phi) is 6.02. The molecule has 0 unspecified atom stereocenters. The average Bonchev–Trinajstić information content (AvgIpc) is 2.36. The fourth-order valence-electron chi connectivity index (χ4n) is 2.27. The van der Waals surface area contributed by atoms with Crippen LogP contribution < -0.4 is 10.5 Å². The van der Waals surface area contributed by atoms with Gasteiger partial charge < -0.3 is 5.73 Å². The van der Waals surface area contributed by atoms with Crippen LogP contribution in [0, 0.1) is 20.8 Å². The Morgan fingerprint density at radius 3 is 2.35 bits per heavy atom. The molecule has 1 aromatic rings. The van der Waals surface area contributed by atoms with Crippen LogP contribution >= 0.6 is 0 Å². The van der Waals surface area contributed by atoms with E-state index in [1.54, 1.807) is 6.92 Å². The molecule has 0 aromatic heterocycles. The Balaban J connectivity index is 2.93. The minimum Gasteiger partial charge on any atom is -0.398 e. The van der Waals surface area contributed by atoms with Crippen molar-refractivity contribution in [2.24, 2.45) is 0 Å². The van der Waals surface area contributed by atoms with Crippen LogP contribution in [0.1, 0.15) is 49.3 Å². The van der Waals surface area contributed by atoms with Crippen LogP contribution in [0.15, 0.2) is 11.0 Å². The fourth-order valence-corrected chi connectivity index (χ4v) is 3.92. The molecule has 0 fully saturated rings. The highest BCUT2D eigenvalue weighted by Gasteiger charge is 2.21. The number of benzene rings is 1. The predicted octanol–water partition coefficient (Wildman–Crippen LogP) is 3.05. The smallest absolute Gasteiger partial charge is 0.241 e. The second-order valence-electron chi connectivity index (χ2n) is 5.32. The van der Waals surface area contributed by atoms with Crippen LogP contribution in [0.25, 0.3) is 0 Å². The van der Waals surface area contributed by atoms with Crippen molar-refractivity contribution in [3.63, 3.8) is 0 Å². The molecule has 114 valence electrons. The second-order valence-corrected chi connectivity index (χ2v) is 7.02. The van der Waals surface area contributed by atoms with Gasteiger partial charge in [-0.05, 0) is 49.9 Å². The standard InChI is InChI=1S/C15H26N2O2S/c1-5-6-7-8-9-17-20(18,19)15-12(3)11(2)10-14(16)13(15)4/h10,17H,5-9,16H2,1-4H3. The summed E-state index contributed by atoms with van der Waals surface area (Å²) in [5.74, 6) is 0. The van der Waals surface area contributed by atoms with Gasteiger partial charge in [-0.15, -0.1) is 0 Å². The Morgan fingerprint density at radius 1 is 1.10 bits per heavy atom. The zero-order valence-electron chi connectivity index (χ0n) is 12.9. The number of anilines is 1. The number of rotatable bonds is 7. The summed E-state index contributed by atoms with van der Waals surface area (Å²) in [4.78, 5) is 0.338. The highest BCUT2D eigenvalue weighted by atomic mass is 32.2. The first-order chi connectivity index (χ1) is 9.31. The number of nitrogens with one attached hydrogen (secondary N) is 1. The van der Waals surface area contributed by atoms with Gasteiger partial charge in [0.1, 0.15) is 0 Å². The SMILES string of the molecule is CCCCCCNS(=O)(=O)c1c(C)c(C)cc(N)c1C. The highest BCUT2D eigenvalue weighted by molar-refractivity contribution is 7.89. The molecule has 0 aliphatic carbocycles. The van der Waals surface area contributed by atoms with Gasteiger partial charge in [0, 0.05) is 12.2 Å². The van der Waals surface area contributed by atoms with Gasteiger partial charge in [0.25, 0.3) is 0 Å². The molecule has 0 amide bonds. The molecule has 3 N–H and O–H groups in total. The highest BCUT2D eigenvalue weighted by Crippen LogP contribution is 2.27. The van der Waals surface area contributed by atoms with E-state index in [1.807, 2.05) is 19.9 Å². The monoisotopic (exact) mass is 298 g/mol. The summed E-state index contributed by atoms with van der Waals surface area (Å²) in [5, 5.41) is 0. The maximum absolute atomic E-state index is 12.4. The summed E-state index contributed by atoms with van der Waals surface area (Å²) in [6.07, 6.45) is 4.19. The van der Waals surface area contributed by atoms with Crippen molar-refractivity contribution in [3.8, 4) is 0 Å². The van der Waals surface area contributed by atoms with Crippen LogP contribution in [0.5, 0.6) is 0 Å². The van der Waals surface area contributed by atoms with Gasteiger partial charge in [-0.2, -0.15) is 0 Å². The van der Waals surface area contributed by atoms with Crippen molar-refractivity contribution >= 4 is 15.7 Å². The van der Waals surface area contributed by atoms with Gasteiger partial charge >= 0.3 is 0 Å². The number of nitrogens with two attached hydrogens (primary N) is 1. The van der Waals surface area contributed by atoms with Crippen molar-refractivity contribution < 1.29 is 8.42 Å². The normalized spacial score (nSPS) is 11.8. The molecule has 0 aliphatic rings. The van der Waals surface area contributed by atoms with E-state index in [2.05, 4.69) is 11.6 Å². The van der Waals surface area contributed by atoms with E-state index in [1.165, 1.54) is 0 Å². The van der Waals surface area contributed by atoms with Crippen LogP contribution in [-0.2, 0) is 10.0 Å². The van der Waals surface area contributed by atoms with Crippen molar-refractivity contribution in [3.05, 3.63) is 22.8 Å². The average molecular weight is 298 g/mol. The summed E-state index contributed by atoms with van der Waals surface area (Å²) < 4.78 is 27.6. The fraction of sp³-hybridized carbons (Fsp3) is 0.600. The largest absolute Gasteiger partial charge is 0.398 e. The minimum absolute atomic E-state index is 0.338. The summed E-state index contributed by atoms with van der Waals surface area (Å²) in [5.41, 5.74) is 8.73. The topological polar surface area (TPSA) is 72.2 Å². The van der Waals surface area contributed by atoms with Gasteiger partial charge in [-0.1, -0.05) is 26.2 Å².